The molecule has 96 valence electrons. The highest BCUT2D eigenvalue weighted by Crippen LogP contribution is 2.34. The number of carbonyl (C=O) groups excluding carboxylic acids is 1. The van der Waals surface area contributed by atoms with E-state index in [4.69, 9.17) is 0 Å². The van der Waals surface area contributed by atoms with Gasteiger partial charge in [-0.3, -0.25) is 14.8 Å². The summed E-state index contributed by atoms with van der Waals surface area (Å²) in [6.45, 7) is 0.468. The van der Waals surface area contributed by atoms with Crippen LogP contribution in [0.15, 0.2) is 48.9 Å². The summed E-state index contributed by atoms with van der Waals surface area (Å²) in [7, 11) is 0. The molecule has 19 heavy (non-hydrogen) atoms. The highest BCUT2D eigenvalue weighted by Gasteiger charge is 2.48. The Bertz CT molecular complexity index is 588. The molecule has 1 N–H and O–H groups in total. The zero-order valence-corrected chi connectivity index (χ0v) is 10.2. The van der Waals surface area contributed by atoms with E-state index in [1.165, 1.54) is 18.6 Å². The quantitative estimate of drug-likeness (QED) is 0.872. The van der Waals surface area contributed by atoms with Crippen molar-refractivity contribution in [2.24, 2.45) is 0 Å². The van der Waals surface area contributed by atoms with Gasteiger partial charge < -0.3 is 10.0 Å². The number of para-hydroxylation sites is 1. The van der Waals surface area contributed by atoms with Crippen LogP contribution in [0.5, 0.6) is 0 Å². The standard InChI is InChI=1S/C14H13N3O2/c18-13-14(19,12-10-15-7-8-16-12)6-9-17(13)11-4-2-1-3-5-11/h1-5,7-8,10,19H,6,9H2. The molecule has 1 amide bonds. The molecule has 2 aromatic rings. The van der Waals surface area contributed by atoms with E-state index in [0.717, 1.165) is 5.69 Å². The van der Waals surface area contributed by atoms with E-state index < -0.39 is 5.60 Å². The van der Waals surface area contributed by atoms with E-state index in [2.05, 4.69) is 9.97 Å². The molecule has 1 saturated heterocycles. The monoisotopic (exact) mass is 255 g/mol. The molecule has 3 rings (SSSR count). The number of benzene rings is 1. The summed E-state index contributed by atoms with van der Waals surface area (Å²) in [4.78, 5) is 22.0. The first kappa shape index (κ1) is 11.8. The summed E-state index contributed by atoms with van der Waals surface area (Å²) in [6.07, 6.45) is 4.75. The Morgan fingerprint density at radius 3 is 2.68 bits per heavy atom. The minimum absolute atomic E-state index is 0.304. The number of carbonyl (C=O) groups is 1. The fraction of sp³-hybridized carbons (Fsp3) is 0.214. The van der Waals surface area contributed by atoms with Gasteiger partial charge in [0.1, 0.15) is 0 Å². The fourth-order valence-electron chi connectivity index (χ4n) is 2.31. The van der Waals surface area contributed by atoms with E-state index in [-0.39, 0.29) is 5.91 Å². The van der Waals surface area contributed by atoms with Gasteiger partial charge in [0.15, 0.2) is 5.60 Å². The van der Waals surface area contributed by atoms with Gasteiger partial charge in [-0.05, 0) is 12.1 Å². The maximum atomic E-state index is 12.4. The molecule has 1 unspecified atom stereocenters. The van der Waals surface area contributed by atoms with Crippen molar-refractivity contribution in [3.63, 3.8) is 0 Å². The molecule has 0 saturated carbocycles. The number of anilines is 1. The predicted molar refractivity (Wildman–Crippen MR) is 69.3 cm³/mol. The van der Waals surface area contributed by atoms with Crippen LogP contribution in [0.25, 0.3) is 0 Å². The normalized spacial score (nSPS) is 22.8. The van der Waals surface area contributed by atoms with Crippen LogP contribution in [0.1, 0.15) is 12.1 Å². The molecule has 5 heteroatoms. The third kappa shape index (κ3) is 1.88. The molecule has 0 bridgehead atoms. The van der Waals surface area contributed by atoms with E-state index in [1.54, 1.807) is 4.90 Å². The van der Waals surface area contributed by atoms with Gasteiger partial charge in [0, 0.05) is 31.0 Å². The molecule has 1 atom stereocenters. The predicted octanol–water partition coefficient (Wildman–Crippen LogP) is 1.10. The fourth-order valence-corrected chi connectivity index (χ4v) is 2.31. The van der Waals surface area contributed by atoms with Crippen molar-refractivity contribution in [2.45, 2.75) is 12.0 Å². The summed E-state index contributed by atoms with van der Waals surface area (Å²) in [5.74, 6) is -0.348. The van der Waals surface area contributed by atoms with Crippen molar-refractivity contribution < 1.29 is 9.90 Å². The SMILES string of the molecule is O=C1N(c2ccccc2)CCC1(O)c1cnccn1. The summed E-state index contributed by atoms with van der Waals surface area (Å²) < 4.78 is 0. The van der Waals surface area contributed by atoms with Gasteiger partial charge in [-0.1, -0.05) is 18.2 Å². The van der Waals surface area contributed by atoms with Gasteiger partial charge in [0.25, 0.3) is 5.91 Å². The molecule has 1 aromatic carbocycles. The van der Waals surface area contributed by atoms with Gasteiger partial charge in [-0.2, -0.15) is 0 Å². The molecule has 0 radical (unpaired) electrons. The summed E-state index contributed by atoms with van der Waals surface area (Å²) >= 11 is 0. The van der Waals surface area contributed by atoms with E-state index in [9.17, 15) is 9.90 Å². The van der Waals surface area contributed by atoms with Gasteiger partial charge in [-0.15, -0.1) is 0 Å². The average molecular weight is 255 g/mol. The lowest BCUT2D eigenvalue weighted by Crippen LogP contribution is -2.38. The first-order valence-corrected chi connectivity index (χ1v) is 6.08. The number of rotatable bonds is 2. The molecule has 0 spiro atoms. The van der Waals surface area contributed by atoms with E-state index >= 15 is 0 Å². The molecule has 1 fully saturated rings. The van der Waals surface area contributed by atoms with Crippen LogP contribution in [-0.4, -0.2) is 27.5 Å². The molecule has 1 aliphatic rings. The molecule has 2 heterocycles. The third-order valence-electron chi connectivity index (χ3n) is 3.35. The lowest BCUT2D eigenvalue weighted by atomic mass is 9.98. The molecular weight excluding hydrogens is 242 g/mol. The minimum Gasteiger partial charge on any atom is -0.374 e. The van der Waals surface area contributed by atoms with Crippen LogP contribution in [0, 0.1) is 0 Å². The van der Waals surface area contributed by atoms with Crippen LogP contribution < -0.4 is 4.90 Å². The van der Waals surface area contributed by atoms with Gasteiger partial charge in [0.05, 0.1) is 11.9 Å². The van der Waals surface area contributed by atoms with Crippen molar-refractivity contribution in [3.8, 4) is 0 Å². The van der Waals surface area contributed by atoms with Crippen LogP contribution in [0.2, 0.25) is 0 Å². The number of hydrogen-bond acceptors (Lipinski definition) is 4. The van der Waals surface area contributed by atoms with Crippen LogP contribution in [-0.2, 0) is 10.4 Å². The average Bonchev–Trinajstić information content (AvgIpc) is 2.78. The minimum atomic E-state index is -1.57. The van der Waals surface area contributed by atoms with Crippen molar-refractivity contribution in [2.75, 3.05) is 11.4 Å². The first-order chi connectivity index (χ1) is 9.22. The van der Waals surface area contributed by atoms with Gasteiger partial charge in [-0.25, -0.2) is 0 Å². The lowest BCUT2D eigenvalue weighted by molar-refractivity contribution is -0.134. The second-order valence-electron chi connectivity index (χ2n) is 4.49. The number of hydrogen-bond donors (Lipinski definition) is 1. The highest BCUT2D eigenvalue weighted by molar-refractivity contribution is 6.01. The Balaban J connectivity index is 1.95. The second-order valence-corrected chi connectivity index (χ2v) is 4.49. The van der Waals surface area contributed by atoms with Crippen LogP contribution >= 0.6 is 0 Å². The number of aromatic nitrogens is 2. The molecule has 0 aliphatic carbocycles. The molecular formula is C14H13N3O2. The van der Waals surface area contributed by atoms with Crippen molar-refractivity contribution in [1.29, 1.82) is 0 Å². The van der Waals surface area contributed by atoms with Gasteiger partial charge in [0.2, 0.25) is 0 Å². The molecule has 1 aromatic heterocycles. The zero-order valence-electron chi connectivity index (χ0n) is 10.2. The lowest BCUT2D eigenvalue weighted by Gasteiger charge is -2.21. The third-order valence-corrected chi connectivity index (χ3v) is 3.35. The highest BCUT2D eigenvalue weighted by atomic mass is 16.3. The number of amides is 1. The maximum Gasteiger partial charge on any atom is 0.265 e. The maximum absolute atomic E-state index is 12.4. The Kier molecular flexibility index (Phi) is 2.76. The molecule has 1 aliphatic heterocycles. The topological polar surface area (TPSA) is 66.3 Å². The first-order valence-electron chi connectivity index (χ1n) is 6.08. The zero-order chi connectivity index (χ0) is 13.3. The second kappa shape index (κ2) is 4.44. The summed E-state index contributed by atoms with van der Waals surface area (Å²) in [5.41, 5.74) is -0.477. The Morgan fingerprint density at radius 1 is 1.21 bits per heavy atom. The number of nitrogens with zero attached hydrogens (tertiary/aromatic N) is 3. The van der Waals surface area contributed by atoms with Crippen LogP contribution in [0.3, 0.4) is 0 Å². The summed E-state index contributed by atoms with van der Waals surface area (Å²) in [6, 6.07) is 9.31. The van der Waals surface area contributed by atoms with E-state index in [1.807, 2.05) is 30.3 Å². The number of aliphatic hydroxyl groups is 1. The Hall–Kier alpha value is -2.27. The largest absolute Gasteiger partial charge is 0.374 e. The van der Waals surface area contributed by atoms with Crippen molar-refractivity contribution >= 4 is 11.6 Å². The van der Waals surface area contributed by atoms with E-state index in [0.29, 0.717) is 18.7 Å². The Labute approximate surface area is 110 Å². The summed E-state index contributed by atoms with van der Waals surface area (Å²) in [5, 5.41) is 10.6. The van der Waals surface area contributed by atoms with Crippen LogP contribution in [0.4, 0.5) is 5.69 Å². The Morgan fingerprint density at radius 2 is 2.00 bits per heavy atom. The molecule has 5 nitrogen and oxygen atoms in total. The van der Waals surface area contributed by atoms with Gasteiger partial charge >= 0.3 is 0 Å². The smallest absolute Gasteiger partial charge is 0.265 e. The van der Waals surface area contributed by atoms with Crippen molar-refractivity contribution in [3.05, 3.63) is 54.6 Å². The van der Waals surface area contributed by atoms with Crippen molar-refractivity contribution in [1.82, 2.24) is 9.97 Å².